The largest absolute Gasteiger partial charge is 0.479 e. The molecule has 3 N–H and O–H groups in total. The maximum atomic E-state index is 11.7. The van der Waals surface area contributed by atoms with Gasteiger partial charge in [-0.15, -0.1) is 0 Å². The van der Waals surface area contributed by atoms with Crippen molar-refractivity contribution in [2.45, 2.75) is 33.2 Å². The van der Waals surface area contributed by atoms with Gasteiger partial charge in [-0.25, -0.2) is 9.59 Å². The number of carbonyl (C=O) groups is 3. The van der Waals surface area contributed by atoms with Gasteiger partial charge in [0, 0.05) is 6.42 Å². The first kappa shape index (κ1) is 16.9. The minimum atomic E-state index is -1.82. The molecule has 0 radical (unpaired) electrons. The Labute approximate surface area is 110 Å². The Morgan fingerprint density at radius 1 is 1.32 bits per heavy atom. The van der Waals surface area contributed by atoms with Crippen molar-refractivity contribution in [1.29, 1.82) is 0 Å². The number of ether oxygens (including phenoxy) is 1. The molecule has 0 aromatic rings. The summed E-state index contributed by atoms with van der Waals surface area (Å²) in [4.78, 5) is 33.9. The third kappa shape index (κ3) is 5.84. The van der Waals surface area contributed by atoms with Gasteiger partial charge in [-0.05, 0) is 12.8 Å². The van der Waals surface area contributed by atoms with Gasteiger partial charge >= 0.3 is 11.9 Å². The van der Waals surface area contributed by atoms with Gasteiger partial charge in [0.25, 0.3) is 5.91 Å². The second kappa shape index (κ2) is 8.06. The SMILES string of the molecule is CCOC(=O)C(NC(=O)/C(CC(C)C)=N/O)C(=O)O. The molecule has 0 spiro atoms. The van der Waals surface area contributed by atoms with Gasteiger partial charge < -0.3 is 20.4 Å². The third-order valence-corrected chi connectivity index (χ3v) is 2.03. The molecule has 0 fully saturated rings. The quantitative estimate of drug-likeness (QED) is 0.197. The maximum absolute atomic E-state index is 11.7. The molecule has 0 saturated heterocycles. The van der Waals surface area contributed by atoms with E-state index in [9.17, 15) is 14.4 Å². The van der Waals surface area contributed by atoms with E-state index < -0.39 is 23.9 Å². The Balaban J connectivity index is 4.81. The Morgan fingerprint density at radius 2 is 1.89 bits per heavy atom. The van der Waals surface area contributed by atoms with Crippen molar-refractivity contribution in [3.05, 3.63) is 0 Å². The van der Waals surface area contributed by atoms with E-state index in [1.54, 1.807) is 13.8 Å². The summed E-state index contributed by atoms with van der Waals surface area (Å²) in [6.45, 7) is 5.08. The molecule has 108 valence electrons. The van der Waals surface area contributed by atoms with Gasteiger partial charge in [-0.3, -0.25) is 4.79 Å². The number of rotatable bonds is 7. The van der Waals surface area contributed by atoms with Crippen LogP contribution < -0.4 is 5.32 Å². The summed E-state index contributed by atoms with van der Waals surface area (Å²) in [5.74, 6) is -3.52. The van der Waals surface area contributed by atoms with Crippen molar-refractivity contribution in [2.75, 3.05) is 6.61 Å². The standard InChI is InChI=1S/C11H18N2O6/c1-4-19-11(17)8(10(15)16)12-9(14)7(13-18)5-6(2)3/h6,8,18H,4-5H2,1-3H3,(H,12,14)(H,15,16)/b13-7+. The molecular formula is C11H18N2O6. The average molecular weight is 274 g/mol. The number of nitrogens with one attached hydrogen (secondary N) is 1. The molecule has 1 amide bonds. The van der Waals surface area contributed by atoms with Crippen LogP contribution in [0.5, 0.6) is 0 Å². The summed E-state index contributed by atoms with van der Waals surface area (Å²) >= 11 is 0. The fourth-order valence-electron chi connectivity index (χ4n) is 1.23. The number of amides is 1. The van der Waals surface area contributed by atoms with Crippen molar-refractivity contribution in [2.24, 2.45) is 11.1 Å². The van der Waals surface area contributed by atoms with Crippen LogP contribution in [0.25, 0.3) is 0 Å². The van der Waals surface area contributed by atoms with Crippen LogP contribution in [0.2, 0.25) is 0 Å². The van der Waals surface area contributed by atoms with Gasteiger partial charge in [0.1, 0.15) is 5.71 Å². The summed E-state index contributed by atoms with van der Waals surface area (Å²) in [5, 5.41) is 22.3. The average Bonchev–Trinajstić information content (AvgIpc) is 2.32. The van der Waals surface area contributed by atoms with E-state index in [0.29, 0.717) is 0 Å². The molecule has 0 aliphatic rings. The van der Waals surface area contributed by atoms with E-state index in [1.807, 2.05) is 5.32 Å². The number of hydrogen-bond acceptors (Lipinski definition) is 6. The first-order valence-corrected chi connectivity index (χ1v) is 5.74. The van der Waals surface area contributed by atoms with Gasteiger partial charge in [0.05, 0.1) is 6.61 Å². The second-order valence-electron chi connectivity index (χ2n) is 4.14. The number of oxime groups is 1. The number of nitrogens with zero attached hydrogens (tertiary/aromatic N) is 1. The van der Waals surface area contributed by atoms with Crippen LogP contribution in [-0.4, -0.2) is 46.5 Å². The number of aliphatic carboxylic acids is 1. The van der Waals surface area contributed by atoms with Crippen molar-refractivity contribution < 1.29 is 29.4 Å². The van der Waals surface area contributed by atoms with Crippen LogP contribution in [0.4, 0.5) is 0 Å². The predicted octanol–water partition coefficient (Wildman–Crippen LogP) is -0.00480. The minimum absolute atomic E-state index is 0.00851. The number of hydrogen-bond donors (Lipinski definition) is 3. The summed E-state index contributed by atoms with van der Waals surface area (Å²) in [5.41, 5.74) is -0.245. The monoisotopic (exact) mass is 274 g/mol. The predicted molar refractivity (Wildman–Crippen MR) is 64.9 cm³/mol. The van der Waals surface area contributed by atoms with Gasteiger partial charge in [-0.2, -0.15) is 0 Å². The molecule has 0 aliphatic carbocycles. The van der Waals surface area contributed by atoms with Crippen LogP contribution in [-0.2, 0) is 19.1 Å². The topological polar surface area (TPSA) is 125 Å². The minimum Gasteiger partial charge on any atom is -0.479 e. The summed E-state index contributed by atoms with van der Waals surface area (Å²) in [6, 6.07) is -1.82. The van der Waals surface area contributed by atoms with Crippen molar-refractivity contribution in [3.8, 4) is 0 Å². The first-order chi connectivity index (χ1) is 8.83. The number of carboxylic acid groups (broad SMARTS) is 1. The van der Waals surface area contributed by atoms with Crippen LogP contribution in [0.3, 0.4) is 0 Å². The molecule has 0 rings (SSSR count). The molecule has 0 saturated carbocycles. The lowest BCUT2D eigenvalue weighted by molar-refractivity contribution is -0.156. The fraction of sp³-hybridized carbons (Fsp3) is 0.636. The third-order valence-electron chi connectivity index (χ3n) is 2.03. The Morgan fingerprint density at radius 3 is 2.26 bits per heavy atom. The highest BCUT2D eigenvalue weighted by Crippen LogP contribution is 2.02. The van der Waals surface area contributed by atoms with Crippen molar-refractivity contribution >= 4 is 23.6 Å². The van der Waals surface area contributed by atoms with Crippen LogP contribution in [0, 0.1) is 5.92 Å². The molecule has 0 heterocycles. The molecule has 0 aliphatic heterocycles. The molecule has 8 heteroatoms. The highest BCUT2D eigenvalue weighted by molar-refractivity contribution is 6.39. The Hall–Kier alpha value is -2.12. The van der Waals surface area contributed by atoms with Crippen molar-refractivity contribution in [3.63, 3.8) is 0 Å². The van der Waals surface area contributed by atoms with Gasteiger partial charge in [-0.1, -0.05) is 19.0 Å². The summed E-state index contributed by atoms with van der Waals surface area (Å²) in [6.07, 6.45) is 0.150. The van der Waals surface area contributed by atoms with Crippen LogP contribution in [0.15, 0.2) is 5.16 Å². The van der Waals surface area contributed by atoms with Crippen molar-refractivity contribution in [1.82, 2.24) is 5.32 Å². The number of esters is 1. The summed E-state index contributed by atoms with van der Waals surface area (Å²) in [7, 11) is 0. The normalized spacial score (nSPS) is 12.9. The van der Waals surface area contributed by atoms with E-state index in [-0.39, 0.29) is 24.7 Å². The van der Waals surface area contributed by atoms with Crippen LogP contribution in [0.1, 0.15) is 27.2 Å². The summed E-state index contributed by atoms with van der Waals surface area (Å²) < 4.78 is 4.52. The molecule has 0 aromatic carbocycles. The van der Waals surface area contributed by atoms with Crippen LogP contribution >= 0.6 is 0 Å². The zero-order valence-electron chi connectivity index (χ0n) is 11.0. The zero-order valence-corrected chi connectivity index (χ0v) is 11.0. The molecule has 1 atom stereocenters. The lowest BCUT2D eigenvalue weighted by Crippen LogP contribution is -2.49. The zero-order chi connectivity index (χ0) is 15.0. The van der Waals surface area contributed by atoms with E-state index >= 15 is 0 Å². The van der Waals surface area contributed by atoms with Gasteiger partial charge in [0.15, 0.2) is 0 Å². The van der Waals surface area contributed by atoms with E-state index in [0.717, 1.165) is 0 Å². The Bertz CT molecular complexity index is 377. The maximum Gasteiger partial charge on any atom is 0.340 e. The van der Waals surface area contributed by atoms with E-state index in [4.69, 9.17) is 10.3 Å². The molecule has 1 unspecified atom stereocenters. The fourth-order valence-corrected chi connectivity index (χ4v) is 1.23. The lowest BCUT2D eigenvalue weighted by atomic mass is 10.1. The smallest absolute Gasteiger partial charge is 0.340 e. The Kier molecular flexibility index (Phi) is 7.16. The second-order valence-corrected chi connectivity index (χ2v) is 4.14. The van der Waals surface area contributed by atoms with Gasteiger partial charge in [0.2, 0.25) is 6.04 Å². The molecule has 0 aromatic heterocycles. The number of carbonyl (C=O) groups excluding carboxylic acids is 2. The highest BCUT2D eigenvalue weighted by atomic mass is 16.5. The molecular weight excluding hydrogens is 256 g/mol. The molecule has 0 bridgehead atoms. The molecule has 8 nitrogen and oxygen atoms in total. The first-order valence-electron chi connectivity index (χ1n) is 5.74. The molecule has 19 heavy (non-hydrogen) atoms. The van der Waals surface area contributed by atoms with E-state index in [1.165, 1.54) is 6.92 Å². The lowest BCUT2D eigenvalue weighted by Gasteiger charge is -2.14. The highest BCUT2D eigenvalue weighted by Gasteiger charge is 2.31. The number of carboxylic acids is 1. The van der Waals surface area contributed by atoms with E-state index in [2.05, 4.69) is 9.89 Å².